The van der Waals surface area contributed by atoms with Crippen LogP contribution in [0.5, 0.6) is 0 Å². The van der Waals surface area contributed by atoms with Crippen LogP contribution in [0.2, 0.25) is 5.02 Å². The second-order valence-corrected chi connectivity index (χ2v) is 6.92. The topological polar surface area (TPSA) is 73.6 Å². The highest BCUT2D eigenvalue weighted by Gasteiger charge is 2.18. The van der Waals surface area contributed by atoms with E-state index in [1.54, 1.807) is 12.1 Å². The van der Waals surface area contributed by atoms with Gasteiger partial charge in [0.1, 0.15) is 11.4 Å². The van der Waals surface area contributed by atoms with E-state index in [0.717, 1.165) is 22.1 Å². The molecule has 28 heavy (non-hydrogen) atoms. The first-order valence-electron chi connectivity index (χ1n) is 8.82. The number of nitrogens with zero attached hydrogens (tertiary/aromatic N) is 1. The molecular weight excluding hydrogens is 372 g/mol. The highest BCUT2D eigenvalue weighted by molar-refractivity contribution is 6.31. The van der Waals surface area contributed by atoms with Gasteiger partial charge in [-0.25, -0.2) is 4.98 Å². The number of imidazole rings is 1. The van der Waals surface area contributed by atoms with Crippen LogP contribution in [0.25, 0.3) is 33.3 Å². The van der Waals surface area contributed by atoms with Crippen molar-refractivity contribution < 1.29 is 0 Å². The first-order valence-corrected chi connectivity index (χ1v) is 9.19. The van der Waals surface area contributed by atoms with Gasteiger partial charge in [0, 0.05) is 16.1 Å². The van der Waals surface area contributed by atoms with Crippen molar-refractivity contribution in [1.82, 2.24) is 15.0 Å². The Balaban J connectivity index is 1.83. The van der Waals surface area contributed by atoms with Crippen molar-refractivity contribution in [2.24, 2.45) is 0 Å². The zero-order chi connectivity index (χ0) is 19.1. The smallest absolute Gasteiger partial charge is 0.261 e. The number of hydrogen-bond donors (Lipinski definition) is 3. The van der Waals surface area contributed by atoms with E-state index < -0.39 is 0 Å². The number of hydrogen-bond acceptors (Lipinski definition) is 3. The fourth-order valence-corrected chi connectivity index (χ4v) is 3.53. The fraction of sp³-hybridized carbons (Fsp3) is 0. The van der Waals surface area contributed by atoms with Crippen molar-refractivity contribution in [2.45, 2.75) is 0 Å². The van der Waals surface area contributed by atoms with E-state index in [-0.39, 0.29) is 5.56 Å². The number of rotatable bonds is 3. The molecule has 136 valence electrons. The number of halogens is 1. The molecule has 0 saturated heterocycles. The van der Waals surface area contributed by atoms with Crippen LogP contribution in [0.3, 0.4) is 0 Å². The summed E-state index contributed by atoms with van der Waals surface area (Å²) in [7, 11) is 0. The third-order valence-corrected chi connectivity index (χ3v) is 4.88. The largest absolute Gasteiger partial charge is 0.354 e. The average molecular weight is 387 g/mol. The molecule has 0 aliphatic carbocycles. The molecule has 2 aromatic heterocycles. The summed E-state index contributed by atoms with van der Waals surface area (Å²) >= 11 is 6.25. The molecule has 0 saturated carbocycles. The Morgan fingerprint density at radius 3 is 2.46 bits per heavy atom. The molecule has 0 aliphatic heterocycles. The van der Waals surface area contributed by atoms with Crippen LogP contribution in [-0.4, -0.2) is 15.0 Å². The molecule has 2 heterocycles. The maximum Gasteiger partial charge on any atom is 0.261 e. The number of H-pyrrole nitrogens is 2. The predicted octanol–water partition coefficient (Wildman–Crippen LogP) is 5.47. The lowest BCUT2D eigenvalue weighted by Crippen LogP contribution is -2.13. The number of anilines is 2. The Bertz CT molecular complexity index is 1340. The van der Waals surface area contributed by atoms with Gasteiger partial charge in [-0.15, -0.1) is 0 Å². The van der Waals surface area contributed by atoms with Crippen molar-refractivity contribution >= 4 is 44.9 Å². The van der Waals surface area contributed by atoms with Gasteiger partial charge in [0.05, 0.1) is 22.2 Å². The minimum absolute atomic E-state index is 0.229. The Labute approximate surface area is 165 Å². The Hall–Kier alpha value is -3.57. The maximum absolute atomic E-state index is 13.0. The standard InChI is InChI=1S/C22H15ClN4O/c23-13-10-11-16-15(12-13)20(24-14-6-2-1-3-7-14)19(22(28)27-16)21-25-17-8-4-5-9-18(17)26-21/h1-12H,(H,25,26)(H2,24,27,28). The zero-order valence-corrected chi connectivity index (χ0v) is 15.4. The highest BCUT2D eigenvalue weighted by Crippen LogP contribution is 2.34. The summed E-state index contributed by atoms with van der Waals surface area (Å²) < 4.78 is 0. The van der Waals surface area contributed by atoms with Gasteiger partial charge in [-0.1, -0.05) is 41.9 Å². The van der Waals surface area contributed by atoms with Crippen LogP contribution in [0.4, 0.5) is 11.4 Å². The van der Waals surface area contributed by atoms with Crippen molar-refractivity contribution in [2.75, 3.05) is 5.32 Å². The van der Waals surface area contributed by atoms with Gasteiger partial charge in [-0.2, -0.15) is 0 Å². The minimum Gasteiger partial charge on any atom is -0.354 e. The van der Waals surface area contributed by atoms with Crippen molar-refractivity contribution in [3.63, 3.8) is 0 Å². The number of pyridine rings is 1. The van der Waals surface area contributed by atoms with Crippen LogP contribution in [-0.2, 0) is 0 Å². The molecule has 3 aromatic carbocycles. The molecular formula is C22H15ClN4O. The summed E-state index contributed by atoms with van der Waals surface area (Å²) in [4.78, 5) is 23.8. The number of fused-ring (bicyclic) bond motifs is 2. The van der Waals surface area contributed by atoms with Crippen LogP contribution < -0.4 is 10.9 Å². The molecule has 0 amide bonds. The zero-order valence-electron chi connectivity index (χ0n) is 14.7. The maximum atomic E-state index is 13.0. The lowest BCUT2D eigenvalue weighted by Gasteiger charge is -2.14. The number of para-hydroxylation sites is 3. The minimum atomic E-state index is -0.229. The number of nitrogens with one attached hydrogen (secondary N) is 3. The van der Waals surface area contributed by atoms with Gasteiger partial charge in [0.25, 0.3) is 5.56 Å². The quantitative estimate of drug-likeness (QED) is 0.385. The molecule has 6 heteroatoms. The van der Waals surface area contributed by atoms with E-state index in [2.05, 4.69) is 20.3 Å². The summed E-state index contributed by atoms with van der Waals surface area (Å²) in [6.07, 6.45) is 0. The first kappa shape index (κ1) is 16.6. The second-order valence-electron chi connectivity index (χ2n) is 6.49. The summed E-state index contributed by atoms with van der Waals surface area (Å²) in [6.45, 7) is 0. The lowest BCUT2D eigenvalue weighted by atomic mass is 10.1. The molecule has 0 fully saturated rings. The number of aromatic amines is 2. The van der Waals surface area contributed by atoms with Crippen LogP contribution >= 0.6 is 11.6 Å². The van der Waals surface area contributed by atoms with E-state index in [9.17, 15) is 4.79 Å². The molecule has 0 unspecified atom stereocenters. The van der Waals surface area contributed by atoms with Crippen LogP contribution in [0.15, 0.2) is 77.6 Å². The van der Waals surface area contributed by atoms with E-state index >= 15 is 0 Å². The van der Waals surface area contributed by atoms with Crippen molar-refractivity contribution in [3.05, 3.63) is 88.2 Å². The predicted molar refractivity (Wildman–Crippen MR) is 114 cm³/mol. The summed E-state index contributed by atoms with van der Waals surface area (Å²) in [6, 6.07) is 22.8. The molecule has 5 aromatic rings. The average Bonchev–Trinajstić information content (AvgIpc) is 3.13. The van der Waals surface area contributed by atoms with Gasteiger partial charge in [-0.05, 0) is 42.5 Å². The van der Waals surface area contributed by atoms with E-state index in [0.29, 0.717) is 27.6 Å². The summed E-state index contributed by atoms with van der Waals surface area (Å²) in [5.74, 6) is 0.503. The molecule has 0 radical (unpaired) electrons. The van der Waals surface area contributed by atoms with Gasteiger partial charge in [-0.3, -0.25) is 4.79 Å². The monoisotopic (exact) mass is 386 g/mol. The van der Waals surface area contributed by atoms with Crippen molar-refractivity contribution in [1.29, 1.82) is 0 Å². The molecule has 5 rings (SSSR count). The Morgan fingerprint density at radius 2 is 1.64 bits per heavy atom. The van der Waals surface area contributed by atoms with Crippen molar-refractivity contribution in [3.8, 4) is 11.4 Å². The summed E-state index contributed by atoms with van der Waals surface area (Å²) in [5.41, 5.74) is 4.11. The fourth-order valence-electron chi connectivity index (χ4n) is 3.36. The SMILES string of the molecule is O=c1[nH]c2ccc(Cl)cc2c(Nc2ccccc2)c1-c1nc2ccccc2[nH]1. The molecule has 5 nitrogen and oxygen atoms in total. The molecule has 3 N–H and O–H groups in total. The van der Waals surface area contributed by atoms with Gasteiger partial charge >= 0.3 is 0 Å². The third-order valence-electron chi connectivity index (χ3n) is 4.65. The number of aromatic nitrogens is 3. The normalized spacial score (nSPS) is 11.2. The summed E-state index contributed by atoms with van der Waals surface area (Å²) in [5, 5.41) is 4.79. The molecule has 0 spiro atoms. The molecule has 0 bridgehead atoms. The van der Waals surface area contributed by atoms with Gasteiger partial charge < -0.3 is 15.3 Å². The third kappa shape index (κ3) is 2.82. The van der Waals surface area contributed by atoms with Gasteiger partial charge in [0.2, 0.25) is 0 Å². The highest BCUT2D eigenvalue weighted by atomic mass is 35.5. The lowest BCUT2D eigenvalue weighted by molar-refractivity contribution is 1.25. The van der Waals surface area contributed by atoms with E-state index in [1.807, 2.05) is 60.7 Å². The van der Waals surface area contributed by atoms with E-state index in [4.69, 9.17) is 11.6 Å². The number of benzene rings is 3. The van der Waals surface area contributed by atoms with Crippen LogP contribution in [0.1, 0.15) is 0 Å². The molecule has 0 aliphatic rings. The Kier molecular flexibility index (Phi) is 3.88. The van der Waals surface area contributed by atoms with Crippen LogP contribution in [0, 0.1) is 0 Å². The first-order chi connectivity index (χ1) is 13.7. The van der Waals surface area contributed by atoms with Gasteiger partial charge in [0.15, 0.2) is 0 Å². The van der Waals surface area contributed by atoms with E-state index in [1.165, 1.54) is 0 Å². The Morgan fingerprint density at radius 1 is 0.857 bits per heavy atom. The molecule has 0 atom stereocenters. The second kappa shape index (κ2) is 6.55.